The van der Waals surface area contributed by atoms with E-state index in [0.29, 0.717) is 12.0 Å². The maximum atomic E-state index is 13.5. The van der Waals surface area contributed by atoms with Crippen LogP contribution in [0, 0.1) is 5.92 Å². The van der Waals surface area contributed by atoms with Gasteiger partial charge < -0.3 is 30.5 Å². The molecule has 4 atom stereocenters. The highest BCUT2D eigenvalue weighted by atomic mass is 16.6. The van der Waals surface area contributed by atoms with Crippen LogP contribution in [0.15, 0.2) is 116 Å². The molecule has 0 unspecified atom stereocenters. The van der Waals surface area contributed by atoms with E-state index in [2.05, 4.69) is 29.1 Å². The average Bonchev–Trinajstić information content (AvgIpc) is 3.09. The zero-order valence-electron chi connectivity index (χ0n) is 26.4. The van der Waals surface area contributed by atoms with Gasteiger partial charge >= 0.3 is 12.1 Å². The van der Waals surface area contributed by atoms with Crippen LogP contribution in [0.2, 0.25) is 0 Å². The lowest BCUT2D eigenvalue weighted by Gasteiger charge is -2.24. The van der Waals surface area contributed by atoms with Crippen LogP contribution < -0.4 is 16.0 Å². The van der Waals surface area contributed by atoms with E-state index in [4.69, 9.17) is 9.47 Å². The molecule has 0 spiro atoms. The summed E-state index contributed by atoms with van der Waals surface area (Å²) in [5, 5.41) is 18.1. The summed E-state index contributed by atoms with van der Waals surface area (Å²) in [6.45, 7) is 6.93. The predicted molar refractivity (Wildman–Crippen MR) is 179 cm³/mol. The molecule has 0 bridgehead atoms. The maximum Gasteiger partial charge on any atom is 0.408 e. The Kier molecular flexibility index (Phi) is 15.4. The van der Waals surface area contributed by atoms with Crippen molar-refractivity contribution in [3.05, 3.63) is 133 Å². The molecule has 0 radical (unpaired) electrons. The fraction of sp³-hybridized carbons (Fsp3) is 0.297. The Labute approximate surface area is 275 Å². The van der Waals surface area contributed by atoms with Crippen molar-refractivity contribution in [1.29, 1.82) is 0 Å². The minimum atomic E-state index is -1.06. The van der Waals surface area contributed by atoms with Gasteiger partial charge in [0.1, 0.15) is 19.3 Å². The van der Waals surface area contributed by atoms with E-state index in [-0.39, 0.29) is 45.0 Å². The van der Waals surface area contributed by atoms with Crippen molar-refractivity contribution in [3.63, 3.8) is 0 Å². The normalized spacial score (nSPS) is 13.1. The van der Waals surface area contributed by atoms with Gasteiger partial charge in [0.05, 0.1) is 24.6 Å². The number of carbonyl (C=O) groups is 4. The number of amides is 3. The molecule has 248 valence electrons. The van der Waals surface area contributed by atoms with E-state index < -0.39 is 42.0 Å². The van der Waals surface area contributed by atoms with Crippen LogP contribution in [0.1, 0.15) is 42.0 Å². The molecule has 0 aliphatic rings. The lowest BCUT2D eigenvalue weighted by molar-refractivity contribution is -0.147. The van der Waals surface area contributed by atoms with Crippen LogP contribution in [0.25, 0.3) is 0 Å². The van der Waals surface area contributed by atoms with Gasteiger partial charge in [-0.2, -0.15) is 0 Å². The van der Waals surface area contributed by atoms with Crippen LogP contribution in [-0.2, 0) is 36.9 Å². The van der Waals surface area contributed by atoms with Crippen molar-refractivity contribution in [1.82, 2.24) is 16.0 Å². The van der Waals surface area contributed by atoms with E-state index in [1.165, 1.54) is 6.08 Å². The predicted octanol–water partition coefficient (Wildman–Crippen LogP) is 4.56. The van der Waals surface area contributed by atoms with Gasteiger partial charge in [0.15, 0.2) is 0 Å². The molecule has 3 aromatic rings. The molecule has 10 nitrogen and oxygen atoms in total. The number of hydrogen-bond donors (Lipinski definition) is 4. The number of alkyl carbamates (subject to hydrolysis) is 1. The number of aliphatic hydroxyl groups is 1. The number of rotatable bonds is 19. The molecule has 4 N–H and O–H groups in total. The third-order valence-electron chi connectivity index (χ3n) is 7.27. The highest BCUT2D eigenvalue weighted by Crippen LogP contribution is 2.18. The monoisotopic (exact) mass is 641 g/mol. The molecule has 0 aromatic heterocycles. The third kappa shape index (κ3) is 13.0. The summed E-state index contributed by atoms with van der Waals surface area (Å²) in [4.78, 5) is 51.9. The molecule has 0 aliphatic heterocycles. The fourth-order valence-corrected chi connectivity index (χ4v) is 4.80. The average molecular weight is 642 g/mol. The first-order chi connectivity index (χ1) is 22.8. The van der Waals surface area contributed by atoms with Crippen molar-refractivity contribution in [3.8, 4) is 0 Å². The first kappa shape index (κ1) is 36.3. The number of esters is 1. The molecule has 3 amide bonds. The Hall–Kier alpha value is -5.22. The van der Waals surface area contributed by atoms with Crippen molar-refractivity contribution in [2.24, 2.45) is 5.92 Å². The lowest BCUT2D eigenvalue weighted by Crippen LogP contribution is -2.44. The van der Waals surface area contributed by atoms with Crippen LogP contribution in [0.5, 0.6) is 0 Å². The molecule has 0 aliphatic carbocycles. The zero-order valence-corrected chi connectivity index (χ0v) is 26.4. The van der Waals surface area contributed by atoms with E-state index in [0.717, 1.165) is 11.1 Å². The molecular weight excluding hydrogens is 598 g/mol. The quantitative estimate of drug-likeness (QED) is 0.111. The highest BCUT2D eigenvalue weighted by molar-refractivity contribution is 5.86. The van der Waals surface area contributed by atoms with Crippen LogP contribution >= 0.6 is 0 Å². The highest BCUT2D eigenvalue weighted by Gasteiger charge is 2.27. The molecule has 3 rings (SSSR count). The number of benzene rings is 3. The lowest BCUT2D eigenvalue weighted by atomic mass is 9.97. The smallest absolute Gasteiger partial charge is 0.408 e. The largest absolute Gasteiger partial charge is 0.462 e. The minimum absolute atomic E-state index is 0.0300. The summed E-state index contributed by atoms with van der Waals surface area (Å²) in [7, 11) is 0. The number of nitrogens with one attached hydrogen (secondary N) is 3. The Balaban J connectivity index is 1.62. The van der Waals surface area contributed by atoms with Crippen molar-refractivity contribution in [2.75, 3.05) is 13.2 Å². The van der Waals surface area contributed by atoms with Crippen molar-refractivity contribution >= 4 is 23.9 Å². The summed E-state index contributed by atoms with van der Waals surface area (Å²) in [6.07, 6.45) is 2.87. The Bertz CT molecular complexity index is 1430. The van der Waals surface area contributed by atoms with E-state index in [9.17, 15) is 24.3 Å². The summed E-state index contributed by atoms with van der Waals surface area (Å²) in [5.74, 6) is -2.31. The molecule has 0 saturated carbocycles. The van der Waals surface area contributed by atoms with E-state index in [1.54, 1.807) is 30.3 Å². The Morgan fingerprint density at radius 2 is 1.34 bits per heavy atom. The van der Waals surface area contributed by atoms with Gasteiger partial charge in [0, 0.05) is 6.42 Å². The van der Waals surface area contributed by atoms with Gasteiger partial charge in [-0.05, 0) is 36.0 Å². The molecule has 0 heterocycles. The molecule has 3 aromatic carbocycles. The summed E-state index contributed by atoms with van der Waals surface area (Å²) in [5.41, 5.74) is 2.43. The van der Waals surface area contributed by atoms with Gasteiger partial charge in [0.2, 0.25) is 11.8 Å². The first-order valence-corrected chi connectivity index (χ1v) is 15.5. The summed E-state index contributed by atoms with van der Waals surface area (Å²) < 4.78 is 10.8. The minimum Gasteiger partial charge on any atom is -0.462 e. The fourth-order valence-electron chi connectivity index (χ4n) is 4.80. The van der Waals surface area contributed by atoms with Gasteiger partial charge in [-0.1, -0.05) is 103 Å². The second kappa shape index (κ2) is 20.0. The van der Waals surface area contributed by atoms with Crippen LogP contribution in [0.4, 0.5) is 4.79 Å². The van der Waals surface area contributed by atoms with Gasteiger partial charge in [-0.25, -0.2) is 9.59 Å². The maximum absolute atomic E-state index is 13.5. The Morgan fingerprint density at radius 3 is 1.94 bits per heavy atom. The Morgan fingerprint density at radius 1 is 0.745 bits per heavy atom. The number of aliphatic hydroxyl groups excluding tert-OH is 1. The standard InChI is InChI=1S/C37H43N3O7/c1-3-14-30(23-34(42)38-31(24-41)22-27-16-8-5-9-17-27)35(43)39-33(29-20-12-7-13-21-29)26-46-36(44)32(15-4-2)40-37(45)47-25-28-18-10-6-11-19-28/h3-13,16-21,30-33,41H,1-2,14-15,22-26H2,(H,38,42)(H,39,43)(H,40,45)/t30-,31+,32-,33-/m1/s1. The third-order valence-corrected chi connectivity index (χ3v) is 7.27. The number of allylic oxidation sites excluding steroid dienone is 1. The van der Waals surface area contributed by atoms with Gasteiger partial charge in [-0.3, -0.25) is 9.59 Å². The topological polar surface area (TPSA) is 143 Å². The van der Waals surface area contributed by atoms with Crippen LogP contribution in [-0.4, -0.2) is 54.3 Å². The number of ether oxygens (including phenoxy) is 2. The van der Waals surface area contributed by atoms with Crippen molar-refractivity contribution < 1.29 is 33.8 Å². The second-order valence-electron chi connectivity index (χ2n) is 10.9. The number of carbonyl (C=O) groups excluding carboxylic acids is 4. The number of hydrogen-bond acceptors (Lipinski definition) is 7. The first-order valence-electron chi connectivity index (χ1n) is 15.5. The van der Waals surface area contributed by atoms with Crippen molar-refractivity contribution in [2.45, 2.75) is 50.4 Å². The molecule has 10 heteroatoms. The summed E-state index contributed by atoms with van der Waals surface area (Å²) in [6, 6.07) is 25.2. The SMILES string of the molecule is C=CC[C@H](CC(=O)N[C@H](CO)Cc1ccccc1)C(=O)N[C@H](COC(=O)[C@@H](CC=C)NC(=O)OCc1ccccc1)c1ccccc1. The molecule has 0 saturated heterocycles. The second-order valence-corrected chi connectivity index (χ2v) is 10.9. The van der Waals surface area contributed by atoms with E-state index in [1.807, 2.05) is 66.7 Å². The molecule has 0 fully saturated rings. The van der Waals surface area contributed by atoms with Gasteiger partial charge in [0.25, 0.3) is 0 Å². The zero-order chi connectivity index (χ0) is 33.9. The van der Waals surface area contributed by atoms with Crippen LogP contribution in [0.3, 0.4) is 0 Å². The molecule has 47 heavy (non-hydrogen) atoms. The van der Waals surface area contributed by atoms with E-state index >= 15 is 0 Å². The molecular formula is C37H43N3O7. The van der Waals surface area contributed by atoms with Gasteiger partial charge in [-0.15, -0.1) is 13.2 Å². The summed E-state index contributed by atoms with van der Waals surface area (Å²) >= 11 is 0.